The number of anilines is 2. The third-order valence-corrected chi connectivity index (χ3v) is 5.72. The standard InChI is InChI=1S/C27H23FN2O6/c1-15(31)29-18-7-5-8-19(14-18)30-24(16-6-4-9-20(12-16)35-2)23(26(33)27(30)34)25(32)21-13-17(28)10-11-22(21)36-3/h4-14,24,32H,1-3H3,(H,29,31)/b25-23+. The SMILES string of the molecule is COc1cccc(C2/C(=C(\O)c3cc(F)ccc3OC)C(=O)C(=O)N2c2cccc(NC(C)=O)c2)c1. The van der Waals surface area contributed by atoms with Crippen LogP contribution in [-0.4, -0.2) is 36.9 Å². The van der Waals surface area contributed by atoms with Crippen LogP contribution in [0.5, 0.6) is 11.5 Å². The molecule has 0 radical (unpaired) electrons. The molecule has 0 saturated carbocycles. The highest BCUT2D eigenvalue weighted by Crippen LogP contribution is 2.44. The van der Waals surface area contributed by atoms with Crippen LogP contribution in [0, 0.1) is 5.82 Å². The first-order valence-corrected chi connectivity index (χ1v) is 10.9. The van der Waals surface area contributed by atoms with Crippen LogP contribution in [0.25, 0.3) is 5.76 Å². The number of aliphatic hydroxyl groups is 1. The number of amides is 2. The van der Waals surface area contributed by atoms with Gasteiger partial charge in [0.15, 0.2) is 0 Å². The summed E-state index contributed by atoms with van der Waals surface area (Å²) < 4.78 is 24.7. The van der Waals surface area contributed by atoms with E-state index in [1.807, 2.05) is 0 Å². The minimum Gasteiger partial charge on any atom is -0.507 e. The van der Waals surface area contributed by atoms with Gasteiger partial charge in [0.1, 0.15) is 23.1 Å². The molecule has 36 heavy (non-hydrogen) atoms. The van der Waals surface area contributed by atoms with Gasteiger partial charge >= 0.3 is 0 Å². The molecule has 0 aromatic heterocycles. The Morgan fingerprint density at radius 1 is 1.00 bits per heavy atom. The number of ether oxygens (including phenoxy) is 2. The van der Waals surface area contributed by atoms with Crippen molar-refractivity contribution in [1.82, 2.24) is 0 Å². The molecule has 1 aliphatic heterocycles. The van der Waals surface area contributed by atoms with E-state index in [1.54, 1.807) is 48.5 Å². The molecule has 3 aromatic carbocycles. The lowest BCUT2D eigenvalue weighted by Crippen LogP contribution is -2.29. The summed E-state index contributed by atoms with van der Waals surface area (Å²) in [6.45, 7) is 1.35. The third kappa shape index (κ3) is 4.50. The fraction of sp³-hybridized carbons (Fsp3) is 0.148. The van der Waals surface area contributed by atoms with Gasteiger partial charge < -0.3 is 19.9 Å². The molecule has 184 valence electrons. The van der Waals surface area contributed by atoms with Crippen LogP contribution in [-0.2, 0) is 14.4 Å². The Balaban J connectivity index is 1.97. The van der Waals surface area contributed by atoms with Gasteiger partial charge in [0.05, 0.1) is 31.4 Å². The van der Waals surface area contributed by atoms with Gasteiger partial charge in [0.2, 0.25) is 5.91 Å². The molecule has 2 amide bonds. The average molecular weight is 490 g/mol. The predicted molar refractivity (Wildman–Crippen MR) is 131 cm³/mol. The number of halogens is 1. The van der Waals surface area contributed by atoms with Crippen molar-refractivity contribution in [2.75, 3.05) is 24.4 Å². The molecule has 1 atom stereocenters. The zero-order chi connectivity index (χ0) is 26.0. The topological polar surface area (TPSA) is 105 Å². The highest BCUT2D eigenvalue weighted by atomic mass is 19.1. The summed E-state index contributed by atoms with van der Waals surface area (Å²) in [6, 6.07) is 15.5. The first kappa shape index (κ1) is 24.5. The molecule has 3 aromatic rings. The van der Waals surface area contributed by atoms with E-state index >= 15 is 0 Å². The Kier molecular flexibility index (Phi) is 6.73. The summed E-state index contributed by atoms with van der Waals surface area (Å²) in [5.41, 5.74) is 0.868. The highest BCUT2D eigenvalue weighted by molar-refractivity contribution is 6.51. The summed E-state index contributed by atoms with van der Waals surface area (Å²) >= 11 is 0. The highest BCUT2D eigenvalue weighted by Gasteiger charge is 2.47. The molecular formula is C27H23FN2O6. The Bertz CT molecular complexity index is 1400. The van der Waals surface area contributed by atoms with Crippen molar-refractivity contribution in [2.45, 2.75) is 13.0 Å². The van der Waals surface area contributed by atoms with Crippen molar-refractivity contribution in [3.8, 4) is 11.5 Å². The van der Waals surface area contributed by atoms with E-state index < -0.39 is 29.3 Å². The van der Waals surface area contributed by atoms with E-state index in [1.165, 1.54) is 32.1 Å². The third-order valence-electron chi connectivity index (χ3n) is 5.72. The second-order valence-electron chi connectivity index (χ2n) is 8.02. The second-order valence-corrected chi connectivity index (χ2v) is 8.02. The van der Waals surface area contributed by atoms with Gasteiger partial charge in [-0.1, -0.05) is 18.2 Å². The lowest BCUT2D eigenvalue weighted by atomic mass is 9.94. The monoisotopic (exact) mass is 490 g/mol. The molecular weight excluding hydrogens is 467 g/mol. The van der Waals surface area contributed by atoms with Gasteiger partial charge in [0, 0.05) is 18.3 Å². The molecule has 9 heteroatoms. The Hall–Kier alpha value is -4.66. The fourth-order valence-corrected chi connectivity index (χ4v) is 4.17. The Morgan fingerprint density at radius 2 is 1.75 bits per heavy atom. The molecule has 8 nitrogen and oxygen atoms in total. The zero-order valence-corrected chi connectivity index (χ0v) is 19.7. The van der Waals surface area contributed by atoms with Crippen molar-refractivity contribution < 1.29 is 33.4 Å². The molecule has 1 heterocycles. The summed E-state index contributed by atoms with van der Waals surface area (Å²) in [5, 5.41) is 13.9. The molecule has 1 aliphatic rings. The molecule has 2 N–H and O–H groups in total. The second kappa shape index (κ2) is 9.91. The number of methoxy groups -OCH3 is 2. The summed E-state index contributed by atoms with van der Waals surface area (Å²) in [4.78, 5) is 39.5. The number of Topliss-reactive ketones (excluding diaryl/α,β-unsaturated/α-hetero) is 1. The summed E-state index contributed by atoms with van der Waals surface area (Å²) in [6.07, 6.45) is 0. The van der Waals surface area contributed by atoms with E-state index in [0.717, 1.165) is 12.1 Å². The molecule has 1 fully saturated rings. The van der Waals surface area contributed by atoms with Crippen LogP contribution in [0.4, 0.5) is 15.8 Å². The number of aliphatic hydroxyl groups excluding tert-OH is 1. The summed E-state index contributed by atoms with van der Waals surface area (Å²) in [5.74, 6) is -2.83. The van der Waals surface area contributed by atoms with Crippen LogP contribution in [0.1, 0.15) is 24.1 Å². The average Bonchev–Trinajstić information content (AvgIpc) is 3.13. The number of hydrogen-bond donors (Lipinski definition) is 2. The number of benzene rings is 3. The number of nitrogens with zero attached hydrogens (tertiary/aromatic N) is 1. The minimum absolute atomic E-state index is 0.0737. The smallest absolute Gasteiger partial charge is 0.300 e. The van der Waals surface area contributed by atoms with Crippen LogP contribution in [0.2, 0.25) is 0 Å². The largest absolute Gasteiger partial charge is 0.507 e. The maximum absolute atomic E-state index is 14.1. The number of ketones is 1. The van der Waals surface area contributed by atoms with E-state index in [9.17, 15) is 23.9 Å². The van der Waals surface area contributed by atoms with E-state index in [0.29, 0.717) is 22.7 Å². The fourth-order valence-electron chi connectivity index (χ4n) is 4.17. The Morgan fingerprint density at radius 3 is 2.44 bits per heavy atom. The van der Waals surface area contributed by atoms with E-state index in [4.69, 9.17) is 9.47 Å². The molecule has 0 aliphatic carbocycles. The van der Waals surface area contributed by atoms with Crippen molar-refractivity contribution in [1.29, 1.82) is 0 Å². The van der Waals surface area contributed by atoms with E-state index in [-0.39, 0.29) is 22.8 Å². The van der Waals surface area contributed by atoms with Gasteiger partial charge in [-0.3, -0.25) is 19.3 Å². The maximum Gasteiger partial charge on any atom is 0.300 e. The van der Waals surface area contributed by atoms with Gasteiger partial charge in [-0.25, -0.2) is 4.39 Å². The first-order valence-electron chi connectivity index (χ1n) is 10.9. The van der Waals surface area contributed by atoms with Gasteiger partial charge in [-0.15, -0.1) is 0 Å². The normalized spacial score (nSPS) is 16.7. The van der Waals surface area contributed by atoms with Crippen molar-refractivity contribution >= 4 is 34.7 Å². The molecule has 0 bridgehead atoms. The lowest BCUT2D eigenvalue weighted by Gasteiger charge is -2.26. The van der Waals surface area contributed by atoms with Crippen molar-refractivity contribution in [3.63, 3.8) is 0 Å². The lowest BCUT2D eigenvalue weighted by molar-refractivity contribution is -0.132. The quantitative estimate of drug-likeness (QED) is 0.301. The molecule has 0 spiro atoms. The van der Waals surface area contributed by atoms with Gasteiger partial charge in [-0.2, -0.15) is 0 Å². The number of carbonyl (C=O) groups is 3. The van der Waals surface area contributed by atoms with Crippen LogP contribution in [0.3, 0.4) is 0 Å². The Labute approximate surface area is 206 Å². The van der Waals surface area contributed by atoms with Gasteiger partial charge in [0.25, 0.3) is 11.7 Å². The maximum atomic E-state index is 14.1. The number of hydrogen-bond acceptors (Lipinski definition) is 6. The molecule has 1 saturated heterocycles. The van der Waals surface area contributed by atoms with Crippen molar-refractivity contribution in [2.24, 2.45) is 0 Å². The minimum atomic E-state index is -1.08. The summed E-state index contributed by atoms with van der Waals surface area (Å²) in [7, 11) is 2.82. The van der Waals surface area contributed by atoms with Crippen LogP contribution in [0.15, 0.2) is 72.3 Å². The number of rotatable bonds is 6. The van der Waals surface area contributed by atoms with Crippen molar-refractivity contribution in [3.05, 3.63) is 89.2 Å². The molecule has 4 rings (SSSR count). The number of nitrogens with one attached hydrogen (secondary N) is 1. The van der Waals surface area contributed by atoms with Crippen LogP contribution < -0.4 is 19.7 Å². The molecule has 1 unspecified atom stereocenters. The first-order chi connectivity index (χ1) is 17.2. The number of carbonyl (C=O) groups excluding carboxylic acids is 3. The predicted octanol–water partition coefficient (Wildman–Crippen LogP) is 4.43. The zero-order valence-electron chi connectivity index (χ0n) is 19.7. The van der Waals surface area contributed by atoms with Gasteiger partial charge in [-0.05, 0) is 54.1 Å². The van der Waals surface area contributed by atoms with E-state index in [2.05, 4.69) is 5.32 Å². The van der Waals surface area contributed by atoms with Crippen LogP contribution >= 0.6 is 0 Å².